The molecule has 0 saturated heterocycles. The van der Waals surface area contributed by atoms with Gasteiger partial charge in [-0.2, -0.15) is 0 Å². The summed E-state index contributed by atoms with van der Waals surface area (Å²) in [5.41, 5.74) is 2.35. The van der Waals surface area contributed by atoms with Crippen LogP contribution in [0.15, 0.2) is 24.3 Å². The van der Waals surface area contributed by atoms with Gasteiger partial charge in [0.05, 0.1) is 11.9 Å². The lowest BCUT2D eigenvalue weighted by atomic mass is 10.1. The Morgan fingerprint density at radius 3 is 2.82 bits per heavy atom. The molecule has 1 atom stereocenters. The van der Waals surface area contributed by atoms with E-state index >= 15 is 0 Å². The Bertz CT molecular complexity index is 819. The number of carbonyl (C=O) groups is 1. The maximum Gasteiger partial charge on any atom is 0.305 e. The molecule has 0 aliphatic rings. The predicted molar refractivity (Wildman–Crippen MR) is 89.3 cm³/mol. The van der Waals surface area contributed by atoms with Crippen molar-refractivity contribution in [2.24, 2.45) is 0 Å². The minimum atomic E-state index is -2.81. The van der Waals surface area contributed by atoms with E-state index in [4.69, 9.17) is 20.5 Å². The number of carboxylic acid groups (broad SMARTS) is 1. The summed E-state index contributed by atoms with van der Waals surface area (Å²) in [6.07, 6.45) is 1.36. The van der Waals surface area contributed by atoms with Crippen LogP contribution in [0.5, 0.6) is 5.88 Å². The Labute approximate surface area is 133 Å². The van der Waals surface area contributed by atoms with Crippen LogP contribution >= 0.6 is 0 Å². The third kappa shape index (κ3) is 4.54. The molecule has 8 heteroatoms. The summed E-state index contributed by atoms with van der Waals surface area (Å²) in [6.45, 7) is 2.22. The molecule has 1 heterocycles. The molecule has 1 aromatic carbocycles. The van der Waals surface area contributed by atoms with Crippen molar-refractivity contribution in [2.45, 2.75) is 13.3 Å². The van der Waals surface area contributed by atoms with Gasteiger partial charge in [0, 0.05) is 41.1 Å². The van der Waals surface area contributed by atoms with Crippen LogP contribution < -0.4 is 9.50 Å². The van der Waals surface area contributed by atoms with Crippen molar-refractivity contribution in [3.63, 3.8) is 0 Å². The molecule has 0 aliphatic heterocycles. The van der Waals surface area contributed by atoms with Crippen molar-refractivity contribution in [3.05, 3.63) is 29.8 Å². The fourth-order valence-corrected chi connectivity index (χ4v) is 2.60. The summed E-state index contributed by atoms with van der Waals surface area (Å²) in [5, 5.41) is 12.6. The molecule has 0 radical (unpaired) electrons. The zero-order valence-corrected chi connectivity index (χ0v) is 13.8. The van der Waals surface area contributed by atoms with Gasteiger partial charge in [-0.3, -0.25) is 4.79 Å². The van der Waals surface area contributed by atoms with Crippen molar-refractivity contribution in [3.8, 4) is 5.88 Å². The summed E-state index contributed by atoms with van der Waals surface area (Å²) in [7, 11) is -2.81. The van der Waals surface area contributed by atoms with Crippen molar-refractivity contribution < 1.29 is 18.3 Å². The number of aromatic nitrogens is 1. The second kappa shape index (κ2) is 6.45. The maximum absolute atomic E-state index is 11.6. The number of nitrogens with one attached hydrogen (secondary N) is 1. The molecule has 0 saturated carbocycles. The van der Waals surface area contributed by atoms with Crippen molar-refractivity contribution in [1.82, 2.24) is 4.98 Å². The summed E-state index contributed by atoms with van der Waals surface area (Å²) < 4.78 is 16.7. The Balaban J connectivity index is 2.31. The highest BCUT2D eigenvalue weighted by molar-refractivity contribution is 8.30. The van der Waals surface area contributed by atoms with Crippen molar-refractivity contribution >= 4 is 42.5 Å². The molecule has 0 bridgehead atoms. The van der Waals surface area contributed by atoms with Crippen LogP contribution in [-0.4, -0.2) is 33.1 Å². The number of fused-ring (bicyclic) bond motifs is 1. The molecule has 2 rings (SSSR count). The number of benzene rings is 1. The van der Waals surface area contributed by atoms with Crippen LogP contribution in [0.4, 0.5) is 5.69 Å². The molecular weight excluding hydrogens is 324 g/mol. The van der Waals surface area contributed by atoms with Gasteiger partial charge in [0.15, 0.2) is 8.77 Å². The van der Waals surface area contributed by atoms with Crippen LogP contribution in [0.1, 0.15) is 12.0 Å². The second-order valence-corrected chi connectivity index (χ2v) is 8.26. The zero-order chi connectivity index (χ0) is 16.3. The number of hydrogen-bond donors (Lipinski definition) is 2. The van der Waals surface area contributed by atoms with E-state index in [1.807, 2.05) is 19.1 Å². The molecule has 1 aromatic heterocycles. The van der Waals surface area contributed by atoms with E-state index in [9.17, 15) is 9.00 Å². The maximum atomic E-state index is 11.6. The fourth-order valence-electron chi connectivity index (χ4n) is 1.99. The number of nitrogens with zero attached hydrogens (tertiary/aromatic N) is 1. The van der Waals surface area contributed by atoms with E-state index in [1.165, 1.54) is 6.26 Å². The van der Waals surface area contributed by atoms with Gasteiger partial charge in [0.2, 0.25) is 5.88 Å². The predicted octanol–water partition coefficient (Wildman–Crippen LogP) is 2.10. The van der Waals surface area contributed by atoms with Gasteiger partial charge in [-0.15, -0.1) is 0 Å². The molecule has 22 heavy (non-hydrogen) atoms. The van der Waals surface area contributed by atoms with Crippen LogP contribution in [0, 0.1) is 6.92 Å². The normalized spacial score (nSPS) is 13.5. The summed E-state index contributed by atoms with van der Waals surface area (Å²) in [4.78, 5) is 14.8. The molecule has 118 valence electrons. The molecule has 6 nitrogen and oxygen atoms in total. The Kier molecular flexibility index (Phi) is 4.82. The van der Waals surface area contributed by atoms with E-state index in [1.54, 1.807) is 12.1 Å². The lowest BCUT2D eigenvalue weighted by molar-refractivity contribution is -0.136. The van der Waals surface area contributed by atoms with Crippen LogP contribution in [0.3, 0.4) is 0 Å². The lowest BCUT2D eigenvalue weighted by Crippen LogP contribution is -2.08. The van der Waals surface area contributed by atoms with Crippen molar-refractivity contribution in [1.29, 1.82) is 0 Å². The van der Waals surface area contributed by atoms with E-state index in [0.29, 0.717) is 12.1 Å². The highest BCUT2D eigenvalue weighted by Gasteiger charge is 2.08. The van der Waals surface area contributed by atoms with Crippen LogP contribution in [-0.2, 0) is 24.8 Å². The van der Waals surface area contributed by atoms with Crippen LogP contribution in [0.2, 0.25) is 0 Å². The van der Waals surface area contributed by atoms with Gasteiger partial charge in [-0.25, -0.2) is 9.19 Å². The molecule has 2 aromatic rings. The van der Waals surface area contributed by atoms with E-state index in [2.05, 4.69) is 10.3 Å². The highest BCUT2D eigenvalue weighted by atomic mass is 32.8. The molecule has 2 N–H and O–H groups in total. The Morgan fingerprint density at radius 2 is 2.18 bits per heavy atom. The fraction of sp³-hybridized carbons (Fsp3) is 0.286. The smallest absolute Gasteiger partial charge is 0.305 e. The molecule has 0 spiro atoms. The third-order valence-electron chi connectivity index (χ3n) is 2.90. The molecular formula is C14H16N2O4S2. The number of carboxylic acids is 1. The first kappa shape index (κ1) is 16.4. The molecule has 0 amide bonds. The van der Waals surface area contributed by atoms with E-state index in [0.717, 1.165) is 16.6 Å². The number of hydrogen-bond acceptors (Lipinski definition) is 6. The summed E-state index contributed by atoms with van der Waals surface area (Å²) in [5.74, 6) is -0.642. The molecule has 0 aliphatic carbocycles. The van der Waals surface area contributed by atoms with Gasteiger partial charge >= 0.3 is 5.97 Å². The highest BCUT2D eigenvalue weighted by Crippen LogP contribution is 2.25. The number of rotatable bonds is 6. The molecule has 1 unspecified atom stereocenters. The van der Waals surface area contributed by atoms with Crippen molar-refractivity contribution in [2.75, 3.05) is 18.1 Å². The Morgan fingerprint density at radius 1 is 1.45 bits per heavy atom. The lowest BCUT2D eigenvalue weighted by Gasteiger charge is -2.10. The number of anilines is 1. The zero-order valence-electron chi connectivity index (χ0n) is 12.2. The number of pyridine rings is 1. The van der Waals surface area contributed by atoms with Crippen LogP contribution in [0.25, 0.3) is 10.9 Å². The van der Waals surface area contributed by atoms with Gasteiger partial charge < -0.3 is 14.6 Å². The first-order chi connectivity index (χ1) is 10.2. The number of aliphatic carboxylic acids is 1. The largest absolute Gasteiger partial charge is 0.481 e. The first-order valence-corrected chi connectivity index (χ1v) is 9.33. The quantitative estimate of drug-likeness (QED) is 0.832. The van der Waals surface area contributed by atoms with Gasteiger partial charge in [0.1, 0.15) is 0 Å². The topological polar surface area (TPSA) is 88.5 Å². The van der Waals surface area contributed by atoms with Gasteiger partial charge in [0.25, 0.3) is 0 Å². The minimum absolute atomic E-state index is 0.0293. The first-order valence-electron chi connectivity index (χ1n) is 6.51. The monoisotopic (exact) mass is 340 g/mol. The summed E-state index contributed by atoms with van der Waals surface area (Å²) in [6, 6.07) is 7.23. The molecule has 0 fully saturated rings. The minimum Gasteiger partial charge on any atom is -0.481 e. The average molecular weight is 340 g/mol. The number of aryl methyl sites for hydroxylation is 1. The van der Waals surface area contributed by atoms with Gasteiger partial charge in [-0.1, -0.05) is 6.07 Å². The van der Waals surface area contributed by atoms with Gasteiger partial charge in [-0.05, 0) is 24.6 Å². The third-order valence-corrected chi connectivity index (χ3v) is 3.58. The average Bonchev–Trinajstić information content (AvgIpc) is 2.35. The van der Waals surface area contributed by atoms with E-state index in [-0.39, 0.29) is 12.3 Å². The second-order valence-electron chi connectivity index (χ2n) is 4.87. The Hall–Kier alpha value is -1.93. The summed E-state index contributed by atoms with van der Waals surface area (Å²) >= 11 is 4.74. The SMILES string of the molecule is Cc1cc(OS(C)(=O)=S)nc2cc(NCCC(=O)O)ccc12. The van der Waals surface area contributed by atoms with E-state index < -0.39 is 14.7 Å². The standard InChI is InChI=1S/C14H16N2O4S2/c1-9-7-13(20-22(2,19)21)16-12-8-10(3-4-11(9)12)15-6-5-14(17)18/h3-4,7-8,15H,5-6H2,1-2H3,(H,17,18).